The molecule has 3 aromatic rings. The smallest absolute Gasteiger partial charge is 0.0991 e. The predicted octanol–water partition coefficient (Wildman–Crippen LogP) is 4.99. The average molecular weight is 310 g/mol. The lowest BCUT2D eigenvalue weighted by atomic mass is 9.68. The lowest BCUT2D eigenvalue weighted by Crippen LogP contribution is -2.34. The topological polar surface area (TPSA) is 27.0 Å². The summed E-state index contributed by atoms with van der Waals surface area (Å²) in [6, 6.07) is 27.3. The summed E-state index contributed by atoms with van der Waals surface area (Å²) < 4.78 is 0. The largest absolute Gasteiger partial charge is 0.344 e. The SMILES string of the molecule is CN1c2ccccc2C(C)(c2ccc(C#N)cc2)c2ccccc21. The number of nitrogens with zero attached hydrogens (tertiary/aromatic N) is 2. The Morgan fingerprint density at radius 1 is 0.792 bits per heavy atom. The Morgan fingerprint density at radius 3 is 1.79 bits per heavy atom. The van der Waals surface area contributed by atoms with Crippen molar-refractivity contribution in [2.75, 3.05) is 11.9 Å². The van der Waals surface area contributed by atoms with E-state index in [0.717, 1.165) is 0 Å². The summed E-state index contributed by atoms with van der Waals surface area (Å²) >= 11 is 0. The molecule has 1 aliphatic rings. The first-order valence-electron chi connectivity index (χ1n) is 8.09. The molecule has 116 valence electrons. The van der Waals surface area contributed by atoms with Crippen LogP contribution in [0.25, 0.3) is 0 Å². The van der Waals surface area contributed by atoms with Crippen LogP contribution in [-0.2, 0) is 5.41 Å². The molecule has 0 bridgehead atoms. The van der Waals surface area contributed by atoms with Crippen molar-refractivity contribution in [3.8, 4) is 6.07 Å². The van der Waals surface area contributed by atoms with Gasteiger partial charge in [0.2, 0.25) is 0 Å². The predicted molar refractivity (Wildman–Crippen MR) is 97.7 cm³/mol. The van der Waals surface area contributed by atoms with E-state index in [1.165, 1.54) is 28.1 Å². The van der Waals surface area contributed by atoms with Crippen LogP contribution in [0.2, 0.25) is 0 Å². The summed E-state index contributed by atoms with van der Waals surface area (Å²) in [4.78, 5) is 2.26. The lowest BCUT2D eigenvalue weighted by molar-refractivity contribution is 0.678. The van der Waals surface area contributed by atoms with Gasteiger partial charge >= 0.3 is 0 Å². The molecule has 24 heavy (non-hydrogen) atoms. The third-order valence-corrected chi connectivity index (χ3v) is 5.20. The number of fused-ring (bicyclic) bond motifs is 2. The Bertz CT molecular complexity index is 901. The first-order valence-corrected chi connectivity index (χ1v) is 8.09. The van der Waals surface area contributed by atoms with Gasteiger partial charge in [-0.2, -0.15) is 5.26 Å². The van der Waals surface area contributed by atoms with Crippen molar-refractivity contribution in [2.24, 2.45) is 0 Å². The summed E-state index contributed by atoms with van der Waals surface area (Å²) in [7, 11) is 2.12. The molecule has 0 spiro atoms. The third kappa shape index (κ3) is 1.88. The van der Waals surface area contributed by atoms with Gasteiger partial charge in [-0.05, 0) is 47.9 Å². The maximum absolute atomic E-state index is 9.10. The number of hydrogen-bond acceptors (Lipinski definition) is 2. The molecule has 0 aromatic heterocycles. The van der Waals surface area contributed by atoms with Gasteiger partial charge in [-0.3, -0.25) is 0 Å². The van der Waals surface area contributed by atoms with Crippen molar-refractivity contribution < 1.29 is 0 Å². The quantitative estimate of drug-likeness (QED) is 0.633. The van der Waals surface area contributed by atoms with E-state index in [-0.39, 0.29) is 5.41 Å². The first-order chi connectivity index (χ1) is 11.7. The van der Waals surface area contributed by atoms with Gasteiger partial charge in [0.25, 0.3) is 0 Å². The standard InChI is InChI=1S/C22H18N2/c1-22(17-13-11-16(15-23)12-14-17)18-7-3-5-9-20(18)24(2)21-10-6-4-8-19(21)22/h3-14H,1-2H3. The van der Waals surface area contributed by atoms with Crippen LogP contribution < -0.4 is 4.90 Å². The van der Waals surface area contributed by atoms with E-state index in [4.69, 9.17) is 5.26 Å². The molecule has 0 fully saturated rings. The van der Waals surface area contributed by atoms with Crippen molar-refractivity contribution in [2.45, 2.75) is 12.3 Å². The van der Waals surface area contributed by atoms with Crippen LogP contribution >= 0.6 is 0 Å². The minimum absolute atomic E-state index is 0.242. The van der Waals surface area contributed by atoms with E-state index in [1.807, 2.05) is 12.1 Å². The highest BCUT2D eigenvalue weighted by Gasteiger charge is 2.39. The molecule has 0 atom stereocenters. The molecule has 2 heteroatoms. The summed E-state index contributed by atoms with van der Waals surface area (Å²) in [5.74, 6) is 0. The number of benzene rings is 3. The maximum Gasteiger partial charge on any atom is 0.0991 e. The van der Waals surface area contributed by atoms with Crippen LogP contribution in [0.3, 0.4) is 0 Å². The summed E-state index contributed by atoms with van der Waals surface area (Å²) in [6.45, 7) is 2.28. The molecule has 0 aliphatic carbocycles. The maximum atomic E-state index is 9.10. The fraction of sp³-hybridized carbons (Fsp3) is 0.136. The molecule has 0 saturated carbocycles. The van der Waals surface area contributed by atoms with Gasteiger partial charge < -0.3 is 4.90 Å². The van der Waals surface area contributed by atoms with Gasteiger partial charge in [0.05, 0.1) is 11.6 Å². The summed E-state index contributed by atoms with van der Waals surface area (Å²) in [6.07, 6.45) is 0. The molecular weight excluding hydrogens is 292 g/mol. The third-order valence-electron chi connectivity index (χ3n) is 5.20. The minimum atomic E-state index is -0.242. The second-order valence-electron chi connectivity index (χ2n) is 6.41. The van der Waals surface area contributed by atoms with Gasteiger partial charge in [0, 0.05) is 23.8 Å². The van der Waals surface area contributed by atoms with E-state index in [0.29, 0.717) is 5.56 Å². The van der Waals surface area contributed by atoms with Gasteiger partial charge in [0.15, 0.2) is 0 Å². The Labute approximate surface area is 142 Å². The van der Waals surface area contributed by atoms with Crippen molar-refractivity contribution in [3.63, 3.8) is 0 Å². The normalized spacial score (nSPS) is 14.5. The molecule has 0 saturated heterocycles. The molecule has 0 N–H and O–H groups in total. The Kier molecular flexibility index (Phi) is 3.18. The van der Waals surface area contributed by atoms with Crippen molar-refractivity contribution in [3.05, 3.63) is 95.1 Å². The molecule has 0 unspecified atom stereocenters. The second-order valence-corrected chi connectivity index (χ2v) is 6.41. The van der Waals surface area contributed by atoms with Gasteiger partial charge in [-0.1, -0.05) is 48.5 Å². The second kappa shape index (κ2) is 5.25. The number of hydrogen-bond donors (Lipinski definition) is 0. The van der Waals surface area contributed by atoms with Crippen LogP contribution in [-0.4, -0.2) is 7.05 Å². The van der Waals surface area contributed by atoms with Crippen LogP contribution in [0, 0.1) is 11.3 Å². The number of rotatable bonds is 1. The highest BCUT2D eigenvalue weighted by molar-refractivity contribution is 5.79. The zero-order valence-electron chi connectivity index (χ0n) is 13.8. The van der Waals surface area contributed by atoms with Gasteiger partial charge in [-0.25, -0.2) is 0 Å². The molecule has 4 rings (SSSR count). The van der Waals surface area contributed by atoms with E-state index in [2.05, 4.69) is 85.6 Å². The Morgan fingerprint density at radius 2 is 1.29 bits per heavy atom. The lowest BCUT2D eigenvalue weighted by Gasteiger charge is -2.42. The Hall–Kier alpha value is -3.05. The van der Waals surface area contributed by atoms with Crippen molar-refractivity contribution in [1.82, 2.24) is 0 Å². The van der Waals surface area contributed by atoms with Gasteiger partial charge in [0.1, 0.15) is 0 Å². The zero-order chi connectivity index (χ0) is 16.7. The number of anilines is 2. The van der Waals surface area contributed by atoms with E-state index >= 15 is 0 Å². The highest BCUT2D eigenvalue weighted by Crippen LogP contribution is 2.51. The molecule has 2 nitrogen and oxygen atoms in total. The molecule has 0 radical (unpaired) electrons. The molecular formula is C22H18N2. The monoisotopic (exact) mass is 310 g/mol. The van der Waals surface area contributed by atoms with Crippen molar-refractivity contribution >= 4 is 11.4 Å². The summed E-state index contributed by atoms with van der Waals surface area (Å²) in [5.41, 5.74) is 6.68. The van der Waals surface area contributed by atoms with Crippen LogP contribution in [0.15, 0.2) is 72.8 Å². The average Bonchev–Trinajstić information content (AvgIpc) is 2.66. The van der Waals surface area contributed by atoms with Crippen LogP contribution in [0.4, 0.5) is 11.4 Å². The van der Waals surface area contributed by atoms with Crippen LogP contribution in [0.1, 0.15) is 29.2 Å². The van der Waals surface area contributed by atoms with E-state index in [9.17, 15) is 0 Å². The Balaban J connectivity index is 2.04. The first kappa shape index (κ1) is 14.5. The van der Waals surface area contributed by atoms with Crippen LogP contribution in [0.5, 0.6) is 0 Å². The van der Waals surface area contributed by atoms with Crippen molar-refractivity contribution in [1.29, 1.82) is 5.26 Å². The molecule has 3 aromatic carbocycles. The number of nitriles is 1. The summed E-state index contributed by atoms with van der Waals surface area (Å²) in [5, 5.41) is 9.10. The fourth-order valence-electron chi connectivity index (χ4n) is 3.84. The minimum Gasteiger partial charge on any atom is -0.344 e. The molecule has 0 amide bonds. The van der Waals surface area contributed by atoms with E-state index < -0.39 is 0 Å². The van der Waals surface area contributed by atoms with Gasteiger partial charge in [-0.15, -0.1) is 0 Å². The fourth-order valence-corrected chi connectivity index (χ4v) is 3.84. The van der Waals surface area contributed by atoms with E-state index in [1.54, 1.807) is 0 Å². The highest BCUT2D eigenvalue weighted by atomic mass is 15.1. The molecule has 1 heterocycles. The molecule has 1 aliphatic heterocycles. The number of para-hydroxylation sites is 2. The zero-order valence-corrected chi connectivity index (χ0v) is 13.8.